The molecular formula is C13H20N2O3S. The van der Waals surface area contributed by atoms with Gasteiger partial charge in [0.05, 0.1) is 22.4 Å². The molecule has 1 aliphatic rings. The van der Waals surface area contributed by atoms with Crippen molar-refractivity contribution in [1.82, 2.24) is 9.88 Å². The lowest BCUT2D eigenvalue weighted by atomic mass is 9.90. The summed E-state index contributed by atoms with van der Waals surface area (Å²) in [5.74, 6) is -0.0861. The highest BCUT2D eigenvalue weighted by Gasteiger charge is 2.38. The number of aliphatic hydroxyl groups is 2. The van der Waals surface area contributed by atoms with Crippen LogP contribution in [0.15, 0.2) is 0 Å². The SMILES string of the molecule is CCc1nc(C)sc1C(=O)N1CC[C@@](C)(O)[C@@H](O)C1. The number of aliphatic hydroxyl groups excluding tert-OH is 1. The molecule has 1 aliphatic heterocycles. The number of carbonyl (C=O) groups is 1. The zero-order chi connectivity index (χ0) is 14.2. The molecule has 2 rings (SSSR count). The van der Waals surface area contributed by atoms with Gasteiger partial charge in [-0.25, -0.2) is 4.98 Å². The van der Waals surface area contributed by atoms with E-state index in [0.717, 1.165) is 17.1 Å². The molecular weight excluding hydrogens is 264 g/mol. The third-order valence-corrected chi connectivity index (χ3v) is 4.62. The number of amides is 1. The first kappa shape index (κ1) is 14.4. The summed E-state index contributed by atoms with van der Waals surface area (Å²) in [5.41, 5.74) is -0.284. The second kappa shape index (κ2) is 5.19. The Kier molecular flexibility index (Phi) is 3.94. The summed E-state index contributed by atoms with van der Waals surface area (Å²) in [6.07, 6.45) is 0.211. The summed E-state index contributed by atoms with van der Waals surface area (Å²) in [7, 11) is 0. The van der Waals surface area contributed by atoms with Crippen molar-refractivity contribution in [1.29, 1.82) is 0 Å². The minimum atomic E-state index is -1.10. The topological polar surface area (TPSA) is 73.7 Å². The van der Waals surface area contributed by atoms with Gasteiger partial charge in [-0.1, -0.05) is 6.92 Å². The highest BCUT2D eigenvalue weighted by Crippen LogP contribution is 2.26. The Morgan fingerprint density at radius 1 is 1.63 bits per heavy atom. The molecule has 1 amide bonds. The van der Waals surface area contributed by atoms with Gasteiger partial charge in [-0.05, 0) is 26.7 Å². The van der Waals surface area contributed by atoms with Crippen LogP contribution in [0.3, 0.4) is 0 Å². The minimum absolute atomic E-state index is 0.0861. The number of β-amino-alcohol motifs (C(OH)–C–C–N with tert-alkyl or cyclic N) is 1. The fourth-order valence-electron chi connectivity index (χ4n) is 2.23. The normalized spacial score (nSPS) is 27.6. The molecule has 2 heterocycles. The summed E-state index contributed by atoms with van der Waals surface area (Å²) in [6, 6.07) is 0. The van der Waals surface area contributed by atoms with Gasteiger partial charge in [-0.3, -0.25) is 4.79 Å². The molecule has 0 radical (unpaired) electrons. The zero-order valence-corrected chi connectivity index (χ0v) is 12.3. The number of nitrogens with zero attached hydrogens (tertiary/aromatic N) is 2. The highest BCUT2D eigenvalue weighted by atomic mass is 32.1. The van der Waals surface area contributed by atoms with Crippen molar-refractivity contribution in [2.24, 2.45) is 0 Å². The second-order valence-electron chi connectivity index (χ2n) is 5.24. The van der Waals surface area contributed by atoms with Crippen LogP contribution < -0.4 is 0 Å². The van der Waals surface area contributed by atoms with Crippen LogP contribution in [0.4, 0.5) is 0 Å². The molecule has 1 saturated heterocycles. The predicted molar refractivity (Wildman–Crippen MR) is 73.4 cm³/mol. The van der Waals surface area contributed by atoms with E-state index in [1.807, 2.05) is 13.8 Å². The maximum absolute atomic E-state index is 12.5. The van der Waals surface area contributed by atoms with Crippen LogP contribution in [-0.2, 0) is 6.42 Å². The van der Waals surface area contributed by atoms with Gasteiger partial charge in [-0.15, -0.1) is 11.3 Å². The van der Waals surface area contributed by atoms with E-state index in [1.54, 1.807) is 11.8 Å². The average Bonchev–Trinajstić information content (AvgIpc) is 2.73. The lowest BCUT2D eigenvalue weighted by Crippen LogP contribution is -2.55. The Hall–Kier alpha value is -0.980. The van der Waals surface area contributed by atoms with Crippen molar-refractivity contribution in [2.75, 3.05) is 13.1 Å². The Morgan fingerprint density at radius 2 is 2.32 bits per heavy atom. The third kappa shape index (κ3) is 2.80. The summed E-state index contributed by atoms with van der Waals surface area (Å²) in [6.45, 7) is 6.10. The molecule has 2 atom stereocenters. The van der Waals surface area contributed by atoms with E-state index >= 15 is 0 Å². The second-order valence-corrected chi connectivity index (χ2v) is 6.44. The maximum Gasteiger partial charge on any atom is 0.265 e. The van der Waals surface area contributed by atoms with Crippen molar-refractivity contribution in [3.63, 3.8) is 0 Å². The van der Waals surface area contributed by atoms with Crippen molar-refractivity contribution in [2.45, 2.75) is 45.3 Å². The van der Waals surface area contributed by atoms with Gasteiger partial charge in [-0.2, -0.15) is 0 Å². The van der Waals surface area contributed by atoms with Crippen LogP contribution in [-0.4, -0.2) is 50.8 Å². The number of carbonyl (C=O) groups excluding carboxylic acids is 1. The smallest absolute Gasteiger partial charge is 0.265 e. The number of thiazole rings is 1. The molecule has 1 aromatic heterocycles. The van der Waals surface area contributed by atoms with Gasteiger partial charge in [0.25, 0.3) is 5.91 Å². The first-order chi connectivity index (χ1) is 8.85. The first-order valence-corrected chi connectivity index (χ1v) is 7.33. The van der Waals surface area contributed by atoms with E-state index in [9.17, 15) is 15.0 Å². The average molecular weight is 284 g/mol. The highest BCUT2D eigenvalue weighted by molar-refractivity contribution is 7.13. The number of hydrogen-bond donors (Lipinski definition) is 2. The molecule has 1 aromatic rings. The summed E-state index contributed by atoms with van der Waals surface area (Å²) >= 11 is 1.40. The van der Waals surface area contributed by atoms with E-state index in [4.69, 9.17) is 0 Å². The first-order valence-electron chi connectivity index (χ1n) is 6.51. The summed E-state index contributed by atoms with van der Waals surface area (Å²) in [5, 5.41) is 20.7. The lowest BCUT2D eigenvalue weighted by Gasteiger charge is -2.39. The molecule has 0 bridgehead atoms. The lowest BCUT2D eigenvalue weighted by molar-refractivity contribution is -0.0998. The van der Waals surface area contributed by atoms with Crippen molar-refractivity contribution < 1.29 is 15.0 Å². The Morgan fingerprint density at radius 3 is 2.89 bits per heavy atom. The quantitative estimate of drug-likeness (QED) is 0.849. The number of aromatic nitrogens is 1. The van der Waals surface area contributed by atoms with Crippen molar-refractivity contribution >= 4 is 17.2 Å². The fraction of sp³-hybridized carbons (Fsp3) is 0.692. The van der Waals surface area contributed by atoms with Crippen molar-refractivity contribution in [3.8, 4) is 0 Å². The van der Waals surface area contributed by atoms with Crippen LogP contribution in [0.1, 0.15) is 40.6 Å². The van der Waals surface area contributed by atoms with Crippen LogP contribution in [0.25, 0.3) is 0 Å². The van der Waals surface area contributed by atoms with Crippen LogP contribution in [0, 0.1) is 6.92 Å². The Bertz CT molecular complexity index is 484. The zero-order valence-electron chi connectivity index (χ0n) is 11.5. The molecule has 0 spiro atoms. The number of piperidine rings is 1. The Balaban J connectivity index is 2.17. The van der Waals surface area contributed by atoms with Crippen LogP contribution in [0.5, 0.6) is 0 Å². The van der Waals surface area contributed by atoms with Gasteiger partial charge < -0.3 is 15.1 Å². The van der Waals surface area contributed by atoms with Gasteiger partial charge in [0.2, 0.25) is 0 Å². The number of rotatable bonds is 2. The molecule has 0 aliphatic carbocycles. The standard InChI is InChI=1S/C13H20N2O3S/c1-4-9-11(19-8(2)14-9)12(17)15-6-5-13(3,18)10(16)7-15/h10,16,18H,4-7H2,1-3H3/t10-,13+/m0/s1. The monoisotopic (exact) mass is 284 g/mol. The molecule has 6 heteroatoms. The molecule has 0 aromatic carbocycles. The summed E-state index contributed by atoms with van der Waals surface area (Å²) in [4.78, 5) is 19.1. The van der Waals surface area contributed by atoms with E-state index in [2.05, 4.69) is 4.98 Å². The van der Waals surface area contributed by atoms with Crippen molar-refractivity contribution in [3.05, 3.63) is 15.6 Å². The Labute approximate surface area is 116 Å². The molecule has 0 unspecified atom stereocenters. The third-order valence-electron chi connectivity index (χ3n) is 3.62. The number of aryl methyl sites for hydroxylation is 2. The molecule has 2 N–H and O–H groups in total. The van der Waals surface area contributed by atoms with Gasteiger partial charge in [0.15, 0.2) is 0 Å². The number of hydrogen-bond acceptors (Lipinski definition) is 5. The number of likely N-dealkylation sites (tertiary alicyclic amines) is 1. The van der Waals surface area contributed by atoms with E-state index in [1.165, 1.54) is 11.3 Å². The molecule has 5 nitrogen and oxygen atoms in total. The minimum Gasteiger partial charge on any atom is -0.388 e. The van der Waals surface area contributed by atoms with Crippen LogP contribution in [0.2, 0.25) is 0 Å². The fourth-order valence-corrected chi connectivity index (χ4v) is 3.21. The van der Waals surface area contributed by atoms with Gasteiger partial charge >= 0.3 is 0 Å². The maximum atomic E-state index is 12.5. The van der Waals surface area contributed by atoms with E-state index in [0.29, 0.717) is 17.8 Å². The van der Waals surface area contributed by atoms with E-state index < -0.39 is 11.7 Å². The van der Waals surface area contributed by atoms with Crippen LogP contribution >= 0.6 is 11.3 Å². The predicted octanol–water partition coefficient (Wildman–Crippen LogP) is 0.972. The van der Waals surface area contributed by atoms with E-state index in [-0.39, 0.29) is 12.5 Å². The van der Waals surface area contributed by atoms with Gasteiger partial charge in [0, 0.05) is 13.1 Å². The van der Waals surface area contributed by atoms with Gasteiger partial charge in [0.1, 0.15) is 4.88 Å². The molecule has 19 heavy (non-hydrogen) atoms. The molecule has 106 valence electrons. The summed E-state index contributed by atoms with van der Waals surface area (Å²) < 4.78 is 0. The largest absolute Gasteiger partial charge is 0.388 e. The molecule has 0 saturated carbocycles. The molecule has 1 fully saturated rings.